The Kier molecular flexibility index (Phi) is 7.17. The first-order valence-corrected chi connectivity index (χ1v) is 10.4. The third-order valence-corrected chi connectivity index (χ3v) is 5.45. The largest absolute Gasteiger partial charge is 0.495 e. The lowest BCUT2D eigenvalue weighted by molar-refractivity contribution is 0.0954. The summed E-state index contributed by atoms with van der Waals surface area (Å²) in [5.74, 6) is 0.137. The van der Waals surface area contributed by atoms with Crippen LogP contribution in [0.25, 0.3) is 0 Å². The molecule has 7 nitrogen and oxygen atoms in total. The van der Waals surface area contributed by atoms with Gasteiger partial charge >= 0.3 is 0 Å². The number of sulfonamides is 1. The molecule has 0 spiro atoms. The number of hydrogen-bond acceptors (Lipinski definition) is 5. The van der Waals surface area contributed by atoms with E-state index in [1.165, 1.54) is 31.4 Å². The Morgan fingerprint density at radius 2 is 1.86 bits per heavy atom. The summed E-state index contributed by atoms with van der Waals surface area (Å²) in [4.78, 5) is 12.3. The van der Waals surface area contributed by atoms with Crippen molar-refractivity contribution in [2.45, 2.75) is 32.1 Å². The van der Waals surface area contributed by atoms with Crippen LogP contribution in [0.4, 0.5) is 5.69 Å². The van der Waals surface area contributed by atoms with E-state index < -0.39 is 15.9 Å². The maximum absolute atomic E-state index is 12.7. The molecule has 0 atom stereocenters. The molecule has 0 aromatic heterocycles. The Hall–Kier alpha value is -2.87. The number of hydrogen-bond donors (Lipinski definition) is 2. The third kappa shape index (κ3) is 5.32. The van der Waals surface area contributed by atoms with Gasteiger partial charge in [-0.15, -0.1) is 0 Å². The summed E-state index contributed by atoms with van der Waals surface area (Å²) in [6, 6.07) is 12.5. The zero-order valence-corrected chi connectivity index (χ0v) is 17.2. The van der Waals surface area contributed by atoms with E-state index in [0.29, 0.717) is 11.4 Å². The van der Waals surface area contributed by atoms with Crippen molar-refractivity contribution in [3.63, 3.8) is 0 Å². The molecule has 0 radical (unpaired) electrons. The third-order valence-electron chi connectivity index (χ3n) is 4.09. The van der Waals surface area contributed by atoms with Crippen LogP contribution in [0, 0.1) is 5.92 Å². The van der Waals surface area contributed by atoms with Gasteiger partial charge in [-0.2, -0.15) is 5.10 Å². The minimum Gasteiger partial charge on any atom is -0.495 e. The maximum atomic E-state index is 12.7. The molecule has 0 saturated carbocycles. The second-order valence-electron chi connectivity index (χ2n) is 6.39. The van der Waals surface area contributed by atoms with E-state index >= 15 is 0 Å². The van der Waals surface area contributed by atoms with Crippen LogP contribution in [0.3, 0.4) is 0 Å². The van der Waals surface area contributed by atoms with Crippen LogP contribution in [0.2, 0.25) is 0 Å². The Labute approximate surface area is 165 Å². The van der Waals surface area contributed by atoms with Gasteiger partial charge in [0.1, 0.15) is 5.75 Å². The topological polar surface area (TPSA) is 96.9 Å². The molecule has 0 aliphatic rings. The second-order valence-corrected chi connectivity index (χ2v) is 8.07. The summed E-state index contributed by atoms with van der Waals surface area (Å²) in [5, 5.41) is 4.14. The van der Waals surface area contributed by atoms with Crippen molar-refractivity contribution in [2.24, 2.45) is 11.0 Å². The molecule has 0 bridgehead atoms. The standard InChI is InChI=1S/C20H25N3O4S/c1-5-17(14(2)3)21-22-20(24)15-9-8-10-16(13-15)28(25,26)23-18-11-6-7-12-19(18)27-4/h6-14,23H,5H2,1-4H3,(H,22,24)/b21-17-. The van der Waals surface area contributed by atoms with Gasteiger partial charge in [-0.3, -0.25) is 9.52 Å². The summed E-state index contributed by atoms with van der Waals surface area (Å²) in [5.41, 5.74) is 3.86. The number of nitrogens with zero attached hydrogens (tertiary/aromatic N) is 1. The minimum atomic E-state index is -3.90. The van der Waals surface area contributed by atoms with Gasteiger partial charge in [-0.1, -0.05) is 39.0 Å². The smallest absolute Gasteiger partial charge is 0.271 e. The quantitative estimate of drug-likeness (QED) is 0.519. The van der Waals surface area contributed by atoms with Crippen molar-refractivity contribution >= 4 is 27.3 Å². The number of ether oxygens (including phenoxy) is 1. The number of nitrogens with one attached hydrogen (secondary N) is 2. The number of carbonyl (C=O) groups excluding carboxylic acids is 1. The van der Waals surface area contributed by atoms with Crippen molar-refractivity contribution in [1.82, 2.24) is 5.43 Å². The van der Waals surface area contributed by atoms with Crippen LogP contribution in [0.15, 0.2) is 58.5 Å². The fourth-order valence-electron chi connectivity index (χ4n) is 2.54. The van der Waals surface area contributed by atoms with E-state index in [1.54, 1.807) is 24.3 Å². The maximum Gasteiger partial charge on any atom is 0.271 e. The van der Waals surface area contributed by atoms with Gasteiger partial charge in [-0.25, -0.2) is 13.8 Å². The van der Waals surface area contributed by atoms with E-state index in [2.05, 4.69) is 15.2 Å². The first-order chi connectivity index (χ1) is 13.3. The zero-order chi connectivity index (χ0) is 20.7. The van der Waals surface area contributed by atoms with Gasteiger partial charge in [0, 0.05) is 11.3 Å². The molecule has 0 unspecified atom stereocenters. The van der Waals surface area contributed by atoms with Crippen LogP contribution in [0.1, 0.15) is 37.6 Å². The molecule has 2 aromatic rings. The molecule has 8 heteroatoms. The molecular weight excluding hydrogens is 378 g/mol. The van der Waals surface area contributed by atoms with E-state index in [9.17, 15) is 13.2 Å². The Bertz CT molecular complexity index is 969. The Balaban J connectivity index is 2.25. The predicted molar refractivity (Wildman–Crippen MR) is 110 cm³/mol. The number of benzene rings is 2. The summed E-state index contributed by atoms with van der Waals surface area (Å²) in [6.07, 6.45) is 0.717. The van der Waals surface area contributed by atoms with Crippen molar-refractivity contribution in [2.75, 3.05) is 11.8 Å². The van der Waals surface area contributed by atoms with Crippen LogP contribution in [-0.4, -0.2) is 27.1 Å². The summed E-state index contributed by atoms with van der Waals surface area (Å²) < 4.78 is 33.1. The van der Waals surface area contributed by atoms with Crippen LogP contribution in [0.5, 0.6) is 5.75 Å². The fraction of sp³-hybridized carbons (Fsp3) is 0.300. The molecule has 1 amide bonds. The van der Waals surface area contributed by atoms with Crippen molar-refractivity contribution in [3.8, 4) is 5.75 Å². The molecule has 2 N–H and O–H groups in total. The van der Waals surface area contributed by atoms with Gasteiger partial charge in [-0.05, 0) is 42.7 Å². The number of methoxy groups -OCH3 is 1. The number of anilines is 1. The molecule has 0 aliphatic heterocycles. The number of carbonyl (C=O) groups is 1. The van der Waals surface area contributed by atoms with Gasteiger partial charge in [0.2, 0.25) is 0 Å². The Morgan fingerprint density at radius 1 is 1.14 bits per heavy atom. The molecular formula is C20H25N3O4S. The highest BCUT2D eigenvalue weighted by Gasteiger charge is 2.18. The van der Waals surface area contributed by atoms with E-state index in [0.717, 1.165) is 12.1 Å². The number of amides is 1. The molecule has 0 saturated heterocycles. The molecule has 0 heterocycles. The Morgan fingerprint density at radius 3 is 2.50 bits per heavy atom. The highest BCUT2D eigenvalue weighted by atomic mass is 32.2. The SMILES string of the molecule is CC/C(=N/NC(=O)c1cccc(S(=O)(=O)Nc2ccccc2OC)c1)C(C)C. The lowest BCUT2D eigenvalue weighted by Gasteiger charge is -2.12. The summed E-state index contributed by atoms with van der Waals surface area (Å²) >= 11 is 0. The van der Waals surface area contributed by atoms with Crippen LogP contribution in [-0.2, 0) is 10.0 Å². The average Bonchev–Trinajstić information content (AvgIpc) is 2.68. The average molecular weight is 404 g/mol. The first-order valence-electron chi connectivity index (χ1n) is 8.91. The van der Waals surface area contributed by atoms with E-state index in [4.69, 9.17) is 4.74 Å². The van der Waals surface area contributed by atoms with Crippen LogP contribution < -0.4 is 14.9 Å². The van der Waals surface area contributed by atoms with Gasteiger partial charge < -0.3 is 4.74 Å². The highest BCUT2D eigenvalue weighted by molar-refractivity contribution is 7.92. The predicted octanol–water partition coefficient (Wildman–Crippen LogP) is 3.65. The zero-order valence-electron chi connectivity index (χ0n) is 16.4. The second kappa shape index (κ2) is 9.36. The molecule has 0 fully saturated rings. The first kappa shape index (κ1) is 21.4. The fourth-order valence-corrected chi connectivity index (χ4v) is 3.66. The van der Waals surface area contributed by atoms with Gasteiger partial charge in [0.15, 0.2) is 0 Å². The van der Waals surface area contributed by atoms with E-state index in [-0.39, 0.29) is 16.4 Å². The normalized spacial score (nSPS) is 12.0. The highest BCUT2D eigenvalue weighted by Crippen LogP contribution is 2.26. The molecule has 2 aromatic carbocycles. The number of rotatable bonds is 8. The number of para-hydroxylation sites is 2. The lowest BCUT2D eigenvalue weighted by Crippen LogP contribution is -2.22. The summed E-state index contributed by atoms with van der Waals surface area (Å²) in [7, 11) is -2.44. The van der Waals surface area contributed by atoms with Crippen molar-refractivity contribution in [1.29, 1.82) is 0 Å². The molecule has 2 rings (SSSR count). The van der Waals surface area contributed by atoms with Crippen molar-refractivity contribution in [3.05, 3.63) is 54.1 Å². The molecule has 150 valence electrons. The van der Waals surface area contributed by atoms with Crippen molar-refractivity contribution < 1.29 is 17.9 Å². The minimum absolute atomic E-state index is 0.0328. The summed E-state index contributed by atoms with van der Waals surface area (Å²) in [6.45, 7) is 5.94. The molecule has 0 aliphatic carbocycles. The number of hydrazone groups is 1. The monoisotopic (exact) mass is 403 g/mol. The van der Waals surface area contributed by atoms with Gasteiger partial charge in [0.25, 0.3) is 15.9 Å². The van der Waals surface area contributed by atoms with Crippen LogP contribution >= 0.6 is 0 Å². The van der Waals surface area contributed by atoms with Gasteiger partial charge in [0.05, 0.1) is 17.7 Å². The van der Waals surface area contributed by atoms with E-state index in [1.807, 2.05) is 20.8 Å². The molecule has 28 heavy (non-hydrogen) atoms. The lowest BCUT2D eigenvalue weighted by atomic mass is 10.1.